The molecule has 1 atom stereocenters. The summed E-state index contributed by atoms with van der Waals surface area (Å²) < 4.78 is 5.19. The third-order valence-corrected chi connectivity index (χ3v) is 4.40. The Morgan fingerprint density at radius 1 is 1.23 bits per heavy atom. The van der Waals surface area contributed by atoms with Crippen molar-refractivity contribution in [1.82, 2.24) is 4.90 Å². The number of ether oxygens (including phenoxy) is 1. The van der Waals surface area contributed by atoms with Crippen LogP contribution in [0.1, 0.15) is 17.5 Å². The molecule has 0 fully saturated rings. The molecule has 1 aliphatic rings. The first-order valence-corrected chi connectivity index (χ1v) is 8.56. The molecule has 2 aromatic rings. The van der Waals surface area contributed by atoms with Gasteiger partial charge in [0.1, 0.15) is 11.8 Å². The number of para-hydroxylation sites is 1. The van der Waals surface area contributed by atoms with Crippen molar-refractivity contribution in [2.75, 3.05) is 19.0 Å². The monoisotopic (exact) mass is 354 g/mol. The van der Waals surface area contributed by atoms with Gasteiger partial charge in [0.25, 0.3) is 0 Å². The van der Waals surface area contributed by atoms with Gasteiger partial charge in [0, 0.05) is 19.3 Å². The number of aryl methyl sites for hydroxylation is 1. The lowest BCUT2D eigenvalue weighted by Gasteiger charge is -2.29. The Labute approximate surface area is 152 Å². The molecule has 1 heterocycles. The predicted octanol–water partition coefficient (Wildman–Crippen LogP) is 2.54. The molecule has 1 aliphatic heterocycles. The highest BCUT2D eigenvalue weighted by atomic mass is 16.5. The molecule has 1 amide bonds. The number of carbonyl (C=O) groups excluding carboxylic acids is 1. The molecule has 0 aromatic heterocycles. The van der Waals surface area contributed by atoms with Gasteiger partial charge in [-0.25, -0.2) is 4.79 Å². The van der Waals surface area contributed by atoms with Gasteiger partial charge in [-0.1, -0.05) is 30.3 Å². The number of nitrogens with one attached hydrogen (secondary N) is 1. The summed E-state index contributed by atoms with van der Waals surface area (Å²) >= 11 is 0. The molecule has 136 valence electrons. The van der Waals surface area contributed by atoms with E-state index in [-0.39, 0.29) is 18.6 Å². The molecular formula is C20H22N2O4. The second-order valence-electron chi connectivity index (χ2n) is 6.42. The van der Waals surface area contributed by atoms with Gasteiger partial charge in [0.05, 0.1) is 0 Å². The van der Waals surface area contributed by atoms with Crippen LogP contribution in [0.4, 0.5) is 5.69 Å². The minimum Gasteiger partial charge on any atom is -0.482 e. The van der Waals surface area contributed by atoms with E-state index < -0.39 is 5.97 Å². The second kappa shape index (κ2) is 7.91. The fraction of sp³-hybridized carbons (Fsp3) is 0.300. The van der Waals surface area contributed by atoms with E-state index >= 15 is 0 Å². The normalized spacial score (nSPS) is 15.5. The minimum atomic E-state index is -1.02. The number of carboxylic acids is 1. The number of carbonyl (C=O) groups is 2. The van der Waals surface area contributed by atoms with E-state index in [0.29, 0.717) is 12.3 Å². The molecule has 0 radical (unpaired) electrons. The molecule has 6 heteroatoms. The highest BCUT2D eigenvalue weighted by Gasteiger charge is 2.26. The smallest absolute Gasteiger partial charge is 0.341 e. The van der Waals surface area contributed by atoms with Gasteiger partial charge in [0.2, 0.25) is 5.91 Å². The number of hydrogen-bond acceptors (Lipinski definition) is 4. The minimum absolute atomic E-state index is 0.0383. The lowest BCUT2D eigenvalue weighted by Crippen LogP contribution is -2.42. The zero-order chi connectivity index (χ0) is 18.5. The third-order valence-electron chi connectivity index (χ3n) is 4.40. The van der Waals surface area contributed by atoms with Gasteiger partial charge in [-0.2, -0.15) is 0 Å². The Morgan fingerprint density at radius 2 is 2.04 bits per heavy atom. The van der Waals surface area contributed by atoms with Crippen LogP contribution < -0.4 is 10.1 Å². The average Bonchev–Trinajstić information content (AvgIpc) is 2.65. The van der Waals surface area contributed by atoms with Gasteiger partial charge < -0.3 is 20.1 Å². The summed E-state index contributed by atoms with van der Waals surface area (Å²) in [5, 5.41) is 12.0. The molecule has 0 bridgehead atoms. The molecule has 2 aromatic carbocycles. The van der Waals surface area contributed by atoms with E-state index in [1.165, 1.54) is 5.56 Å². The SMILES string of the molecule is CN(Cc1cccc(OCC(=O)O)c1)C(=O)C1CCc2ccccc2N1. The number of hydrogen-bond donors (Lipinski definition) is 2. The molecule has 0 spiro atoms. The van der Waals surface area contributed by atoms with Crippen molar-refractivity contribution in [2.45, 2.75) is 25.4 Å². The van der Waals surface area contributed by atoms with Crippen LogP contribution in [0.2, 0.25) is 0 Å². The van der Waals surface area contributed by atoms with E-state index in [0.717, 1.165) is 24.1 Å². The third kappa shape index (κ3) is 4.33. The topological polar surface area (TPSA) is 78.9 Å². The van der Waals surface area contributed by atoms with Crippen LogP contribution in [0.5, 0.6) is 5.75 Å². The van der Waals surface area contributed by atoms with Crippen LogP contribution >= 0.6 is 0 Å². The van der Waals surface area contributed by atoms with Crippen LogP contribution in [-0.2, 0) is 22.6 Å². The predicted molar refractivity (Wildman–Crippen MR) is 98.2 cm³/mol. The van der Waals surface area contributed by atoms with Crippen LogP contribution in [0.15, 0.2) is 48.5 Å². The number of rotatable bonds is 6. The number of amides is 1. The summed E-state index contributed by atoms with van der Waals surface area (Å²) in [5.74, 6) is -0.502. The summed E-state index contributed by atoms with van der Waals surface area (Å²) in [6.07, 6.45) is 1.65. The molecule has 3 rings (SSSR count). The van der Waals surface area contributed by atoms with E-state index in [1.54, 1.807) is 30.1 Å². The number of nitrogens with zero attached hydrogens (tertiary/aromatic N) is 1. The summed E-state index contributed by atoms with van der Waals surface area (Å²) in [5.41, 5.74) is 3.15. The van der Waals surface area contributed by atoms with Gasteiger partial charge in [-0.3, -0.25) is 4.79 Å². The first-order chi connectivity index (χ1) is 12.5. The second-order valence-corrected chi connectivity index (χ2v) is 6.42. The van der Waals surface area contributed by atoms with Gasteiger partial charge in [-0.15, -0.1) is 0 Å². The number of likely N-dealkylation sites (N-methyl/N-ethyl adjacent to an activating group) is 1. The Morgan fingerprint density at radius 3 is 2.85 bits per heavy atom. The maximum Gasteiger partial charge on any atom is 0.341 e. The molecule has 1 unspecified atom stereocenters. The highest BCUT2D eigenvalue weighted by molar-refractivity contribution is 5.85. The highest BCUT2D eigenvalue weighted by Crippen LogP contribution is 2.25. The molecule has 0 saturated carbocycles. The fourth-order valence-corrected chi connectivity index (χ4v) is 3.12. The van der Waals surface area contributed by atoms with Gasteiger partial charge in [-0.05, 0) is 42.2 Å². The maximum atomic E-state index is 12.8. The number of carboxylic acid groups (broad SMARTS) is 1. The van der Waals surface area contributed by atoms with Crippen molar-refractivity contribution in [1.29, 1.82) is 0 Å². The summed E-state index contributed by atoms with van der Waals surface area (Å²) in [4.78, 5) is 25.1. The van der Waals surface area contributed by atoms with Gasteiger partial charge in [0.15, 0.2) is 6.61 Å². The number of fused-ring (bicyclic) bond motifs is 1. The van der Waals surface area contributed by atoms with Crippen LogP contribution in [0, 0.1) is 0 Å². The first-order valence-electron chi connectivity index (χ1n) is 8.56. The van der Waals surface area contributed by atoms with E-state index in [9.17, 15) is 9.59 Å². The number of anilines is 1. The van der Waals surface area contributed by atoms with E-state index in [4.69, 9.17) is 9.84 Å². The number of benzene rings is 2. The van der Waals surface area contributed by atoms with Crippen molar-refractivity contribution in [3.63, 3.8) is 0 Å². The van der Waals surface area contributed by atoms with Crippen LogP contribution in [0.25, 0.3) is 0 Å². The van der Waals surface area contributed by atoms with Crippen LogP contribution in [0.3, 0.4) is 0 Å². The zero-order valence-corrected chi connectivity index (χ0v) is 14.6. The fourth-order valence-electron chi connectivity index (χ4n) is 3.12. The van der Waals surface area contributed by atoms with Gasteiger partial charge >= 0.3 is 5.97 Å². The Hall–Kier alpha value is -3.02. The van der Waals surface area contributed by atoms with Crippen LogP contribution in [-0.4, -0.2) is 41.6 Å². The maximum absolute atomic E-state index is 12.8. The average molecular weight is 354 g/mol. The quantitative estimate of drug-likeness (QED) is 0.833. The summed E-state index contributed by atoms with van der Waals surface area (Å²) in [6, 6.07) is 15.0. The Kier molecular flexibility index (Phi) is 5.41. The van der Waals surface area contributed by atoms with Crippen molar-refractivity contribution in [3.05, 3.63) is 59.7 Å². The molecule has 2 N–H and O–H groups in total. The molecule has 0 saturated heterocycles. The van der Waals surface area contributed by atoms with Crippen molar-refractivity contribution in [2.24, 2.45) is 0 Å². The molecule has 6 nitrogen and oxygen atoms in total. The molecule has 0 aliphatic carbocycles. The van der Waals surface area contributed by atoms with E-state index in [2.05, 4.69) is 11.4 Å². The Bertz CT molecular complexity index is 806. The molecule has 26 heavy (non-hydrogen) atoms. The lowest BCUT2D eigenvalue weighted by molar-refractivity contribution is -0.139. The lowest BCUT2D eigenvalue weighted by atomic mass is 9.97. The Balaban J connectivity index is 1.61. The summed E-state index contributed by atoms with van der Waals surface area (Å²) in [6.45, 7) is 0.0482. The standard InChI is InChI=1S/C20H22N2O4/c1-22(12-14-5-4-7-16(11-14)26-13-19(23)24)20(25)18-10-9-15-6-2-3-8-17(15)21-18/h2-8,11,18,21H,9-10,12-13H2,1H3,(H,23,24). The molecular weight excluding hydrogens is 332 g/mol. The first kappa shape index (κ1) is 17.8. The van der Waals surface area contributed by atoms with E-state index in [1.807, 2.05) is 24.3 Å². The summed E-state index contributed by atoms with van der Waals surface area (Å²) in [7, 11) is 1.77. The van der Waals surface area contributed by atoms with Crippen molar-refractivity contribution < 1.29 is 19.4 Å². The zero-order valence-electron chi connectivity index (χ0n) is 14.6. The van der Waals surface area contributed by atoms with Crippen molar-refractivity contribution in [3.8, 4) is 5.75 Å². The largest absolute Gasteiger partial charge is 0.482 e. The van der Waals surface area contributed by atoms with Crippen molar-refractivity contribution >= 4 is 17.6 Å². The number of aliphatic carboxylic acids is 1.